The first-order chi connectivity index (χ1) is 15.5. The van der Waals surface area contributed by atoms with Crippen molar-refractivity contribution in [1.29, 1.82) is 10.5 Å². The number of benzene rings is 2. The maximum Gasteiger partial charge on any atom is 0.0997 e. The Balaban J connectivity index is 2.90. The van der Waals surface area contributed by atoms with Crippen LogP contribution in [0.3, 0.4) is 0 Å². The van der Waals surface area contributed by atoms with Crippen molar-refractivity contribution >= 4 is 15.9 Å². The molecule has 0 aromatic heterocycles. The van der Waals surface area contributed by atoms with E-state index in [1.54, 1.807) is 0 Å². The molecule has 0 spiro atoms. The third-order valence-corrected chi connectivity index (χ3v) is 8.36. The Morgan fingerprint density at radius 1 is 0.788 bits per heavy atom. The Bertz CT molecular complexity index is 1090. The quantitative estimate of drug-likeness (QED) is 0.342. The van der Waals surface area contributed by atoms with Crippen LogP contribution >= 0.6 is 15.9 Å². The van der Waals surface area contributed by atoms with E-state index in [-0.39, 0.29) is 10.8 Å². The highest BCUT2D eigenvalue weighted by Gasteiger charge is 2.28. The number of nitrogens with zero attached hydrogens (tertiary/aromatic N) is 2. The first-order valence-electron chi connectivity index (χ1n) is 12.3. The molecular formula is C30H39BrN2. The molecule has 0 bridgehead atoms. The number of hydrogen-bond donors (Lipinski definition) is 0. The lowest BCUT2D eigenvalue weighted by molar-refractivity contribution is 0.500. The summed E-state index contributed by atoms with van der Waals surface area (Å²) >= 11 is 3.86. The molecule has 0 amide bonds. The van der Waals surface area contributed by atoms with E-state index in [0.717, 1.165) is 58.8 Å². The molecule has 176 valence electrons. The van der Waals surface area contributed by atoms with Crippen molar-refractivity contribution < 1.29 is 0 Å². The van der Waals surface area contributed by atoms with Crippen LogP contribution in [0.4, 0.5) is 0 Å². The minimum absolute atomic E-state index is 0.0817. The monoisotopic (exact) mass is 506 g/mol. The molecule has 2 nitrogen and oxygen atoms in total. The molecule has 2 rings (SSSR count). The van der Waals surface area contributed by atoms with Gasteiger partial charge in [0.25, 0.3) is 0 Å². The van der Waals surface area contributed by atoms with Gasteiger partial charge < -0.3 is 0 Å². The standard InChI is InChI=1S/C30H39BrN2/c1-9-23-20(13-14-32)17-27(30(7,8)12-4)25(26(23)19-33)16-21-15-22(29(5,6)11-3)18-28(31)24(21)10-2/h15,17-18H,9-13,16H2,1-8H3. The van der Waals surface area contributed by atoms with Crippen molar-refractivity contribution in [1.82, 2.24) is 0 Å². The number of hydrogen-bond acceptors (Lipinski definition) is 2. The zero-order valence-corrected chi connectivity index (χ0v) is 23.3. The van der Waals surface area contributed by atoms with Gasteiger partial charge in [-0.2, -0.15) is 10.5 Å². The average molecular weight is 508 g/mol. The summed E-state index contributed by atoms with van der Waals surface area (Å²) in [7, 11) is 0. The summed E-state index contributed by atoms with van der Waals surface area (Å²) in [4.78, 5) is 0. The first-order valence-corrected chi connectivity index (χ1v) is 13.1. The van der Waals surface area contributed by atoms with Gasteiger partial charge in [-0.05, 0) is 87.9 Å². The lowest BCUT2D eigenvalue weighted by Crippen LogP contribution is -2.21. The minimum atomic E-state index is -0.0820. The predicted molar refractivity (Wildman–Crippen MR) is 143 cm³/mol. The van der Waals surface area contributed by atoms with Gasteiger partial charge in [-0.15, -0.1) is 0 Å². The lowest BCUT2D eigenvalue weighted by atomic mass is 9.74. The maximum absolute atomic E-state index is 10.3. The summed E-state index contributed by atoms with van der Waals surface area (Å²) < 4.78 is 1.16. The highest BCUT2D eigenvalue weighted by Crippen LogP contribution is 2.39. The third kappa shape index (κ3) is 5.53. The molecule has 3 heteroatoms. The van der Waals surface area contributed by atoms with Gasteiger partial charge in [0.2, 0.25) is 0 Å². The van der Waals surface area contributed by atoms with E-state index in [4.69, 9.17) is 0 Å². The highest BCUT2D eigenvalue weighted by molar-refractivity contribution is 9.10. The molecule has 0 radical (unpaired) electrons. The smallest absolute Gasteiger partial charge is 0.0997 e. The molecule has 2 aromatic rings. The largest absolute Gasteiger partial charge is 0.198 e. The van der Waals surface area contributed by atoms with Gasteiger partial charge in [0.1, 0.15) is 0 Å². The van der Waals surface area contributed by atoms with E-state index in [2.05, 4.69) is 102 Å². The Morgan fingerprint density at radius 2 is 1.39 bits per heavy atom. The molecule has 0 fully saturated rings. The van der Waals surface area contributed by atoms with Crippen LogP contribution in [-0.2, 0) is 36.5 Å². The SMILES string of the molecule is CCc1c(Br)cc(C(C)(C)CC)cc1Cc1c(C(C)(C)CC)cc(CC#N)c(CC)c1C#N. The van der Waals surface area contributed by atoms with Crippen molar-refractivity contribution in [3.05, 3.63) is 67.2 Å². The van der Waals surface area contributed by atoms with E-state index in [1.165, 1.54) is 22.3 Å². The summed E-state index contributed by atoms with van der Waals surface area (Å²) in [5.41, 5.74) is 9.10. The highest BCUT2D eigenvalue weighted by atomic mass is 79.9. The number of nitriles is 2. The molecule has 0 heterocycles. The molecular weight excluding hydrogens is 468 g/mol. The van der Waals surface area contributed by atoms with Crippen LogP contribution in [0.2, 0.25) is 0 Å². The molecule has 0 unspecified atom stereocenters. The topological polar surface area (TPSA) is 47.6 Å². The third-order valence-electron chi connectivity index (χ3n) is 7.66. The summed E-state index contributed by atoms with van der Waals surface area (Å²) in [6.07, 6.45) is 4.80. The molecule has 0 atom stereocenters. The fraction of sp³-hybridized carbons (Fsp3) is 0.533. The Labute approximate surface area is 210 Å². The zero-order valence-electron chi connectivity index (χ0n) is 21.7. The van der Waals surface area contributed by atoms with Crippen molar-refractivity contribution in [2.75, 3.05) is 0 Å². The molecule has 0 aliphatic heterocycles. The molecule has 0 aliphatic rings. The van der Waals surface area contributed by atoms with Gasteiger partial charge in [0.15, 0.2) is 0 Å². The van der Waals surface area contributed by atoms with Gasteiger partial charge >= 0.3 is 0 Å². The van der Waals surface area contributed by atoms with Crippen molar-refractivity contribution in [2.24, 2.45) is 0 Å². The second kappa shape index (κ2) is 10.9. The van der Waals surface area contributed by atoms with E-state index >= 15 is 0 Å². The van der Waals surface area contributed by atoms with Crippen LogP contribution in [0.15, 0.2) is 22.7 Å². The van der Waals surface area contributed by atoms with Gasteiger partial charge in [0, 0.05) is 4.47 Å². The number of halogens is 1. The molecule has 2 aromatic carbocycles. The minimum Gasteiger partial charge on any atom is -0.198 e. The Kier molecular flexibility index (Phi) is 8.95. The predicted octanol–water partition coefficient (Wildman–Crippen LogP) is 8.48. The molecule has 33 heavy (non-hydrogen) atoms. The van der Waals surface area contributed by atoms with E-state index < -0.39 is 0 Å². The maximum atomic E-state index is 10.3. The van der Waals surface area contributed by atoms with Crippen LogP contribution in [0.5, 0.6) is 0 Å². The van der Waals surface area contributed by atoms with Crippen molar-refractivity contribution in [2.45, 2.75) is 105 Å². The molecule has 0 saturated heterocycles. The lowest BCUT2D eigenvalue weighted by Gasteiger charge is -2.30. The van der Waals surface area contributed by atoms with Crippen molar-refractivity contribution in [3.8, 4) is 12.1 Å². The number of rotatable bonds is 9. The summed E-state index contributed by atoms with van der Waals surface area (Å²) in [5.74, 6) is 0. The average Bonchev–Trinajstić information content (AvgIpc) is 2.79. The Hall–Kier alpha value is -2.10. The Morgan fingerprint density at radius 3 is 1.88 bits per heavy atom. The molecule has 0 N–H and O–H groups in total. The van der Waals surface area contributed by atoms with Crippen LogP contribution in [0.1, 0.15) is 113 Å². The molecule has 0 saturated carbocycles. The fourth-order valence-electron chi connectivity index (χ4n) is 4.62. The first kappa shape index (κ1) is 27.1. The normalized spacial score (nSPS) is 11.8. The van der Waals surface area contributed by atoms with Gasteiger partial charge in [-0.1, -0.05) is 83.5 Å². The second-order valence-corrected chi connectivity index (χ2v) is 11.2. The van der Waals surface area contributed by atoms with Gasteiger partial charge in [-0.25, -0.2) is 0 Å². The fourth-order valence-corrected chi connectivity index (χ4v) is 5.40. The molecule has 0 aliphatic carbocycles. The summed E-state index contributed by atoms with van der Waals surface area (Å²) in [6.45, 7) is 17.8. The second-order valence-electron chi connectivity index (χ2n) is 10.3. The van der Waals surface area contributed by atoms with Crippen LogP contribution in [0, 0.1) is 22.7 Å². The van der Waals surface area contributed by atoms with Gasteiger partial charge in [0.05, 0.1) is 24.1 Å². The van der Waals surface area contributed by atoms with Crippen LogP contribution in [0.25, 0.3) is 0 Å². The summed E-state index contributed by atoms with van der Waals surface area (Å²) in [6, 6.07) is 11.7. The van der Waals surface area contributed by atoms with Crippen LogP contribution < -0.4 is 0 Å². The summed E-state index contributed by atoms with van der Waals surface area (Å²) in [5, 5.41) is 19.8. The zero-order chi connectivity index (χ0) is 25.0. The van der Waals surface area contributed by atoms with Crippen molar-refractivity contribution in [3.63, 3.8) is 0 Å². The van der Waals surface area contributed by atoms with E-state index in [0.29, 0.717) is 6.42 Å². The van der Waals surface area contributed by atoms with Gasteiger partial charge in [-0.3, -0.25) is 0 Å². The van der Waals surface area contributed by atoms with E-state index in [1.807, 2.05) is 0 Å². The van der Waals surface area contributed by atoms with Crippen LogP contribution in [-0.4, -0.2) is 0 Å². The van der Waals surface area contributed by atoms with E-state index in [9.17, 15) is 10.5 Å².